The molecule has 0 bridgehead atoms. The maximum atomic E-state index is 11.3. The number of halogens is 1. The van der Waals surface area contributed by atoms with E-state index in [4.69, 9.17) is 0 Å². The highest BCUT2D eigenvalue weighted by molar-refractivity contribution is 9.10. The molecule has 3 fully saturated rings. The van der Waals surface area contributed by atoms with E-state index >= 15 is 0 Å². The molecule has 4 rings (SSSR count). The summed E-state index contributed by atoms with van der Waals surface area (Å²) in [6, 6.07) is 5.97. The van der Waals surface area contributed by atoms with Gasteiger partial charge >= 0.3 is 0 Å². The fraction of sp³-hybridized carbons (Fsp3) is 0.625. The second-order valence-corrected chi connectivity index (χ2v) is 7.69. The molecule has 0 spiro atoms. The van der Waals surface area contributed by atoms with E-state index in [1.165, 1.54) is 32.4 Å². The Morgan fingerprint density at radius 1 is 1.23 bits per heavy atom. The Morgan fingerprint density at radius 2 is 2.09 bits per heavy atom. The molecule has 6 heteroatoms. The number of nitro benzene ring substituents is 1. The van der Waals surface area contributed by atoms with Gasteiger partial charge in [-0.05, 0) is 43.4 Å². The summed E-state index contributed by atoms with van der Waals surface area (Å²) in [5.74, 6) is 1.35. The molecule has 3 saturated heterocycles. The maximum Gasteiger partial charge on any atom is 0.292 e. The van der Waals surface area contributed by atoms with E-state index in [0.717, 1.165) is 23.2 Å². The van der Waals surface area contributed by atoms with Crippen LogP contribution in [0.5, 0.6) is 0 Å². The lowest BCUT2D eigenvalue weighted by Crippen LogP contribution is -2.39. The smallest absolute Gasteiger partial charge is 0.292 e. The summed E-state index contributed by atoms with van der Waals surface area (Å²) in [4.78, 5) is 16.0. The molecule has 3 unspecified atom stereocenters. The van der Waals surface area contributed by atoms with Crippen molar-refractivity contribution in [2.75, 3.05) is 31.1 Å². The van der Waals surface area contributed by atoms with Crippen molar-refractivity contribution < 1.29 is 4.92 Å². The second-order valence-electron chi connectivity index (χ2n) is 6.78. The standard InChI is InChI=1S/C16H20BrN3O2/c17-12-4-5-15(20(21)22)16(7-12)19-9-11-8-18-6-2-1-3-14(18)13(11)10-19/h4-5,7,11,13-14H,1-3,6,8-10H2. The van der Waals surface area contributed by atoms with E-state index in [2.05, 4.69) is 25.7 Å². The summed E-state index contributed by atoms with van der Waals surface area (Å²) in [6.07, 6.45) is 3.97. The normalized spacial score (nSPS) is 31.1. The van der Waals surface area contributed by atoms with Crippen LogP contribution in [0.2, 0.25) is 0 Å². The maximum absolute atomic E-state index is 11.3. The third-order valence-corrected chi connectivity index (χ3v) is 6.09. The minimum atomic E-state index is -0.261. The third kappa shape index (κ3) is 2.33. The number of rotatable bonds is 2. The Labute approximate surface area is 138 Å². The molecule has 0 saturated carbocycles. The van der Waals surface area contributed by atoms with Crippen LogP contribution in [0.3, 0.4) is 0 Å². The topological polar surface area (TPSA) is 49.6 Å². The number of piperidine rings is 1. The molecule has 3 heterocycles. The van der Waals surface area contributed by atoms with Gasteiger partial charge in [-0.1, -0.05) is 22.4 Å². The van der Waals surface area contributed by atoms with Gasteiger partial charge in [0.25, 0.3) is 5.69 Å². The molecule has 0 aliphatic carbocycles. The van der Waals surface area contributed by atoms with Gasteiger partial charge in [-0.2, -0.15) is 0 Å². The van der Waals surface area contributed by atoms with Crippen LogP contribution in [0.1, 0.15) is 19.3 Å². The number of hydrogen-bond donors (Lipinski definition) is 0. The average molecular weight is 366 g/mol. The summed E-state index contributed by atoms with van der Waals surface area (Å²) >= 11 is 3.45. The van der Waals surface area contributed by atoms with Crippen molar-refractivity contribution in [1.29, 1.82) is 0 Å². The van der Waals surface area contributed by atoms with Crippen LogP contribution < -0.4 is 4.90 Å². The molecule has 5 nitrogen and oxygen atoms in total. The Balaban J connectivity index is 1.59. The second kappa shape index (κ2) is 5.49. The molecule has 3 aliphatic rings. The Kier molecular flexibility index (Phi) is 3.61. The summed E-state index contributed by atoms with van der Waals surface area (Å²) < 4.78 is 0.907. The van der Waals surface area contributed by atoms with Crippen LogP contribution >= 0.6 is 15.9 Å². The third-order valence-electron chi connectivity index (χ3n) is 5.59. The molecule has 1 aromatic rings. The fourth-order valence-corrected chi connectivity index (χ4v) is 5.01. The number of benzene rings is 1. The van der Waals surface area contributed by atoms with Crippen molar-refractivity contribution in [2.24, 2.45) is 11.8 Å². The minimum Gasteiger partial charge on any atom is -0.365 e. The molecule has 3 atom stereocenters. The predicted octanol–water partition coefficient (Wildman–Crippen LogP) is 3.28. The first kappa shape index (κ1) is 14.5. The molecule has 0 amide bonds. The van der Waals surface area contributed by atoms with Crippen molar-refractivity contribution in [3.63, 3.8) is 0 Å². The summed E-state index contributed by atoms with van der Waals surface area (Å²) in [5, 5.41) is 11.3. The van der Waals surface area contributed by atoms with E-state index in [1.807, 2.05) is 6.07 Å². The largest absolute Gasteiger partial charge is 0.365 e. The molecule has 0 aromatic heterocycles. The molecule has 1 aromatic carbocycles. The monoisotopic (exact) mass is 365 g/mol. The summed E-state index contributed by atoms with van der Waals surface area (Å²) in [7, 11) is 0. The van der Waals surface area contributed by atoms with Crippen molar-refractivity contribution >= 4 is 27.3 Å². The quantitative estimate of drug-likeness (QED) is 0.596. The van der Waals surface area contributed by atoms with Gasteiger partial charge in [0.05, 0.1) is 4.92 Å². The molecule has 118 valence electrons. The molecule has 0 radical (unpaired) electrons. The number of nitro groups is 1. The van der Waals surface area contributed by atoms with Crippen LogP contribution in [0, 0.1) is 22.0 Å². The van der Waals surface area contributed by atoms with Crippen LogP contribution in [0.4, 0.5) is 11.4 Å². The highest BCUT2D eigenvalue weighted by Crippen LogP contribution is 2.43. The van der Waals surface area contributed by atoms with Gasteiger partial charge in [0.2, 0.25) is 0 Å². The van der Waals surface area contributed by atoms with E-state index in [1.54, 1.807) is 12.1 Å². The van der Waals surface area contributed by atoms with Gasteiger partial charge in [-0.3, -0.25) is 15.0 Å². The average Bonchev–Trinajstić information content (AvgIpc) is 3.04. The van der Waals surface area contributed by atoms with Crippen molar-refractivity contribution in [3.05, 3.63) is 32.8 Å². The highest BCUT2D eigenvalue weighted by Gasteiger charge is 2.47. The van der Waals surface area contributed by atoms with Crippen LogP contribution in [-0.2, 0) is 0 Å². The number of anilines is 1. The number of hydrogen-bond acceptors (Lipinski definition) is 4. The molecule has 3 aliphatic heterocycles. The SMILES string of the molecule is O=[N+]([O-])c1ccc(Br)cc1N1CC2CN3CCCCC3C2C1. The predicted molar refractivity (Wildman–Crippen MR) is 89.2 cm³/mol. The summed E-state index contributed by atoms with van der Waals surface area (Å²) in [5.41, 5.74) is 1.000. The first-order chi connectivity index (χ1) is 10.6. The van der Waals surface area contributed by atoms with Gasteiger partial charge < -0.3 is 4.90 Å². The van der Waals surface area contributed by atoms with Gasteiger partial charge in [-0.15, -0.1) is 0 Å². The zero-order valence-corrected chi connectivity index (χ0v) is 14.0. The van der Waals surface area contributed by atoms with E-state index in [0.29, 0.717) is 17.9 Å². The van der Waals surface area contributed by atoms with Crippen molar-refractivity contribution in [3.8, 4) is 0 Å². The zero-order valence-electron chi connectivity index (χ0n) is 12.4. The number of fused-ring (bicyclic) bond motifs is 3. The van der Waals surface area contributed by atoms with E-state index < -0.39 is 0 Å². The van der Waals surface area contributed by atoms with Gasteiger partial charge in [0, 0.05) is 36.2 Å². The Bertz CT molecular complexity index is 609. The van der Waals surface area contributed by atoms with Crippen LogP contribution in [-0.4, -0.2) is 42.0 Å². The van der Waals surface area contributed by atoms with Gasteiger partial charge in [0.15, 0.2) is 0 Å². The molecule has 22 heavy (non-hydrogen) atoms. The van der Waals surface area contributed by atoms with Crippen LogP contribution in [0.25, 0.3) is 0 Å². The van der Waals surface area contributed by atoms with Crippen molar-refractivity contribution in [1.82, 2.24) is 4.90 Å². The molecular weight excluding hydrogens is 346 g/mol. The Morgan fingerprint density at radius 3 is 2.91 bits per heavy atom. The lowest BCUT2D eigenvalue weighted by Gasteiger charge is -2.33. The van der Waals surface area contributed by atoms with Gasteiger partial charge in [-0.25, -0.2) is 0 Å². The number of nitrogens with zero attached hydrogens (tertiary/aromatic N) is 3. The van der Waals surface area contributed by atoms with E-state index in [-0.39, 0.29) is 10.6 Å². The molecule has 0 N–H and O–H groups in total. The van der Waals surface area contributed by atoms with Crippen LogP contribution in [0.15, 0.2) is 22.7 Å². The lowest BCUT2D eigenvalue weighted by molar-refractivity contribution is -0.384. The van der Waals surface area contributed by atoms with Crippen molar-refractivity contribution in [2.45, 2.75) is 25.3 Å². The van der Waals surface area contributed by atoms with Gasteiger partial charge in [0.1, 0.15) is 5.69 Å². The first-order valence-corrected chi connectivity index (χ1v) is 8.86. The molecular formula is C16H20BrN3O2. The summed E-state index contributed by atoms with van der Waals surface area (Å²) in [6.45, 7) is 4.33. The Hall–Kier alpha value is -1.14. The van der Waals surface area contributed by atoms with E-state index in [9.17, 15) is 10.1 Å². The fourth-order valence-electron chi connectivity index (χ4n) is 4.66. The lowest BCUT2D eigenvalue weighted by atomic mass is 9.90. The first-order valence-electron chi connectivity index (χ1n) is 8.06. The highest BCUT2D eigenvalue weighted by atomic mass is 79.9. The minimum absolute atomic E-state index is 0.226. The zero-order chi connectivity index (χ0) is 15.3.